The van der Waals surface area contributed by atoms with E-state index in [1.165, 1.54) is 12.8 Å². The largest absolute Gasteiger partial charge is 0.392 e. The number of rotatable bonds is 8. The number of hydrogen-bond donors (Lipinski definition) is 1. The summed E-state index contributed by atoms with van der Waals surface area (Å²) in [5.74, 6) is 0.933. The summed E-state index contributed by atoms with van der Waals surface area (Å²) in [6, 6.07) is 1.95. The van der Waals surface area contributed by atoms with Crippen LogP contribution in [0.25, 0.3) is 0 Å². The Morgan fingerprint density at radius 1 is 1.22 bits per heavy atom. The highest BCUT2D eigenvalue weighted by atomic mass is 79.9. The van der Waals surface area contributed by atoms with Crippen molar-refractivity contribution in [1.29, 1.82) is 0 Å². The number of nitrogens with zero attached hydrogens (tertiary/aromatic N) is 2. The number of aromatic nitrogens is 1. The van der Waals surface area contributed by atoms with E-state index in [0.29, 0.717) is 0 Å². The zero-order valence-electron chi connectivity index (χ0n) is 11.3. The standard InChI is InChI=1S/C14H23BrN2O/c1-3-5-7-17(8-6-4-2)14-12(11-18)9-13(15)10-16-14/h9-10,18H,3-8,11H2,1-2H3. The third kappa shape index (κ3) is 4.58. The van der Waals surface area contributed by atoms with Crippen LogP contribution in [0, 0.1) is 0 Å². The summed E-state index contributed by atoms with van der Waals surface area (Å²) in [6.45, 7) is 6.45. The first-order valence-electron chi connectivity index (χ1n) is 6.73. The van der Waals surface area contributed by atoms with Gasteiger partial charge in [0, 0.05) is 29.3 Å². The second kappa shape index (κ2) is 8.48. The lowest BCUT2D eigenvalue weighted by Gasteiger charge is -2.25. The second-order valence-corrected chi connectivity index (χ2v) is 5.40. The molecule has 0 radical (unpaired) electrons. The van der Waals surface area contributed by atoms with Gasteiger partial charge < -0.3 is 10.0 Å². The molecular weight excluding hydrogens is 292 g/mol. The summed E-state index contributed by atoms with van der Waals surface area (Å²) in [4.78, 5) is 6.77. The van der Waals surface area contributed by atoms with Gasteiger partial charge in [-0.05, 0) is 34.8 Å². The van der Waals surface area contributed by atoms with E-state index >= 15 is 0 Å². The minimum Gasteiger partial charge on any atom is -0.392 e. The van der Waals surface area contributed by atoms with Crippen LogP contribution in [0.5, 0.6) is 0 Å². The van der Waals surface area contributed by atoms with Crippen molar-refractivity contribution in [3.63, 3.8) is 0 Å². The molecular formula is C14H23BrN2O. The Balaban J connectivity index is 2.88. The lowest BCUT2D eigenvalue weighted by molar-refractivity contribution is 0.281. The van der Waals surface area contributed by atoms with E-state index in [9.17, 15) is 5.11 Å². The molecule has 1 aromatic rings. The molecule has 4 heteroatoms. The van der Waals surface area contributed by atoms with Crippen LogP contribution in [0.3, 0.4) is 0 Å². The molecule has 18 heavy (non-hydrogen) atoms. The average molecular weight is 315 g/mol. The number of halogens is 1. The monoisotopic (exact) mass is 314 g/mol. The Hall–Kier alpha value is -0.610. The van der Waals surface area contributed by atoms with Gasteiger partial charge in [-0.15, -0.1) is 0 Å². The molecule has 0 saturated heterocycles. The summed E-state index contributed by atoms with van der Waals surface area (Å²) in [6.07, 6.45) is 6.47. The lowest BCUT2D eigenvalue weighted by atomic mass is 10.2. The lowest BCUT2D eigenvalue weighted by Crippen LogP contribution is -2.27. The van der Waals surface area contributed by atoms with E-state index < -0.39 is 0 Å². The van der Waals surface area contributed by atoms with Gasteiger partial charge in [-0.25, -0.2) is 4.98 Å². The molecule has 0 aromatic carbocycles. The Labute approximate surface area is 118 Å². The highest BCUT2D eigenvalue weighted by Crippen LogP contribution is 2.22. The summed E-state index contributed by atoms with van der Waals surface area (Å²) in [5.41, 5.74) is 0.900. The zero-order valence-corrected chi connectivity index (χ0v) is 12.9. The third-order valence-electron chi connectivity index (χ3n) is 2.94. The van der Waals surface area contributed by atoms with Gasteiger partial charge in [0.15, 0.2) is 0 Å². The molecule has 0 bridgehead atoms. The van der Waals surface area contributed by atoms with Gasteiger partial charge in [-0.1, -0.05) is 26.7 Å². The molecule has 0 spiro atoms. The molecule has 3 nitrogen and oxygen atoms in total. The molecule has 0 amide bonds. The molecule has 0 aliphatic heterocycles. The molecule has 1 heterocycles. The molecule has 102 valence electrons. The molecule has 0 saturated carbocycles. The summed E-state index contributed by atoms with van der Waals surface area (Å²) in [7, 11) is 0. The maximum absolute atomic E-state index is 9.46. The number of pyridine rings is 1. The Bertz CT molecular complexity index is 350. The highest BCUT2D eigenvalue weighted by molar-refractivity contribution is 9.10. The minimum absolute atomic E-state index is 0.0382. The van der Waals surface area contributed by atoms with Crippen molar-refractivity contribution < 1.29 is 5.11 Å². The predicted octanol–water partition coefficient (Wildman–Crippen LogP) is 3.74. The van der Waals surface area contributed by atoms with Crippen molar-refractivity contribution in [2.24, 2.45) is 0 Å². The van der Waals surface area contributed by atoms with Crippen molar-refractivity contribution >= 4 is 21.7 Å². The van der Waals surface area contributed by atoms with Crippen LogP contribution in [-0.2, 0) is 6.61 Å². The smallest absolute Gasteiger partial charge is 0.134 e. The van der Waals surface area contributed by atoms with Gasteiger partial charge in [0.1, 0.15) is 5.82 Å². The quantitative estimate of drug-likeness (QED) is 0.794. The van der Waals surface area contributed by atoms with E-state index in [2.05, 4.69) is 39.7 Å². The summed E-state index contributed by atoms with van der Waals surface area (Å²) in [5, 5.41) is 9.46. The number of hydrogen-bond acceptors (Lipinski definition) is 3. The van der Waals surface area contributed by atoms with Crippen molar-refractivity contribution in [3.05, 3.63) is 22.3 Å². The van der Waals surface area contributed by atoms with Gasteiger partial charge in [-0.2, -0.15) is 0 Å². The summed E-state index contributed by atoms with van der Waals surface area (Å²) >= 11 is 3.40. The molecule has 1 N–H and O–H groups in total. The van der Waals surface area contributed by atoms with Gasteiger partial charge in [0.05, 0.1) is 6.61 Å². The molecule has 0 aliphatic carbocycles. The molecule has 1 rings (SSSR count). The van der Waals surface area contributed by atoms with Crippen molar-refractivity contribution in [1.82, 2.24) is 4.98 Å². The van der Waals surface area contributed by atoms with Gasteiger partial charge in [-0.3, -0.25) is 0 Å². The van der Waals surface area contributed by atoms with Gasteiger partial charge in [0.25, 0.3) is 0 Å². The molecule has 0 fully saturated rings. The van der Waals surface area contributed by atoms with Crippen LogP contribution in [0.4, 0.5) is 5.82 Å². The topological polar surface area (TPSA) is 36.4 Å². The Morgan fingerprint density at radius 3 is 2.33 bits per heavy atom. The normalized spacial score (nSPS) is 10.7. The van der Waals surface area contributed by atoms with E-state index in [1.807, 2.05) is 6.07 Å². The van der Waals surface area contributed by atoms with Crippen LogP contribution in [0.15, 0.2) is 16.7 Å². The first-order chi connectivity index (χ1) is 8.72. The molecule has 0 atom stereocenters. The Morgan fingerprint density at radius 2 is 1.83 bits per heavy atom. The number of aliphatic hydroxyl groups excluding tert-OH is 1. The second-order valence-electron chi connectivity index (χ2n) is 4.49. The number of aliphatic hydroxyl groups is 1. The minimum atomic E-state index is 0.0382. The van der Waals surface area contributed by atoms with Gasteiger partial charge >= 0.3 is 0 Å². The maximum Gasteiger partial charge on any atom is 0.134 e. The van der Waals surface area contributed by atoms with Crippen LogP contribution in [0.2, 0.25) is 0 Å². The number of unbranched alkanes of at least 4 members (excludes halogenated alkanes) is 2. The zero-order chi connectivity index (χ0) is 13.4. The summed E-state index contributed by atoms with van der Waals surface area (Å²) < 4.78 is 0.918. The fraction of sp³-hybridized carbons (Fsp3) is 0.643. The van der Waals surface area contributed by atoms with E-state index in [1.54, 1.807) is 6.20 Å². The van der Waals surface area contributed by atoms with Crippen molar-refractivity contribution in [2.45, 2.75) is 46.1 Å². The van der Waals surface area contributed by atoms with Crippen LogP contribution in [-0.4, -0.2) is 23.2 Å². The van der Waals surface area contributed by atoms with E-state index in [-0.39, 0.29) is 6.61 Å². The van der Waals surface area contributed by atoms with E-state index in [4.69, 9.17) is 0 Å². The fourth-order valence-electron chi connectivity index (χ4n) is 1.90. The SMILES string of the molecule is CCCCN(CCCC)c1ncc(Br)cc1CO. The third-order valence-corrected chi connectivity index (χ3v) is 3.38. The van der Waals surface area contributed by atoms with Gasteiger partial charge in [0.2, 0.25) is 0 Å². The first kappa shape index (κ1) is 15.4. The fourth-order valence-corrected chi connectivity index (χ4v) is 2.28. The van der Waals surface area contributed by atoms with Crippen LogP contribution < -0.4 is 4.90 Å². The molecule has 1 aromatic heterocycles. The van der Waals surface area contributed by atoms with Crippen molar-refractivity contribution in [2.75, 3.05) is 18.0 Å². The molecule has 0 unspecified atom stereocenters. The van der Waals surface area contributed by atoms with E-state index in [0.717, 1.165) is 41.8 Å². The Kier molecular flexibility index (Phi) is 7.28. The first-order valence-corrected chi connectivity index (χ1v) is 7.52. The average Bonchev–Trinajstić information content (AvgIpc) is 2.39. The maximum atomic E-state index is 9.46. The van der Waals surface area contributed by atoms with Crippen LogP contribution in [0.1, 0.15) is 45.1 Å². The van der Waals surface area contributed by atoms with Crippen molar-refractivity contribution in [3.8, 4) is 0 Å². The number of anilines is 1. The highest BCUT2D eigenvalue weighted by Gasteiger charge is 2.12. The predicted molar refractivity (Wildman–Crippen MR) is 79.9 cm³/mol. The van der Waals surface area contributed by atoms with Crippen LogP contribution >= 0.6 is 15.9 Å². The molecule has 0 aliphatic rings.